The summed E-state index contributed by atoms with van der Waals surface area (Å²) >= 11 is 0. The molecule has 0 aliphatic heterocycles. The van der Waals surface area contributed by atoms with Gasteiger partial charge < -0.3 is 26.8 Å². The van der Waals surface area contributed by atoms with Crippen LogP contribution in [0.2, 0.25) is 0 Å². The maximum absolute atomic E-state index is 7.32. The van der Waals surface area contributed by atoms with Crippen molar-refractivity contribution >= 4 is 40.4 Å². The predicted octanol–water partition coefficient (Wildman–Crippen LogP) is 3.55. The highest BCUT2D eigenvalue weighted by Crippen LogP contribution is 2.29. The molecule has 0 radical (unpaired) electrons. The fourth-order valence-corrected chi connectivity index (χ4v) is 2.97. The topological polar surface area (TPSA) is 116 Å². The minimum absolute atomic E-state index is 0.490. The number of nitrogens with zero attached hydrogens (tertiary/aromatic N) is 2. The zero-order valence-electron chi connectivity index (χ0n) is 14.1. The van der Waals surface area contributed by atoms with Crippen LogP contribution in [-0.2, 0) is 0 Å². The lowest BCUT2D eigenvalue weighted by Crippen LogP contribution is -2.27. The van der Waals surface area contributed by atoms with Crippen molar-refractivity contribution in [2.24, 2.45) is 0 Å². The van der Waals surface area contributed by atoms with Gasteiger partial charge in [-0.1, -0.05) is 0 Å². The van der Waals surface area contributed by atoms with E-state index in [2.05, 4.69) is 31.7 Å². The van der Waals surface area contributed by atoms with Gasteiger partial charge >= 0.3 is 0 Å². The van der Waals surface area contributed by atoms with E-state index in [4.69, 9.17) is 11.1 Å². The summed E-state index contributed by atoms with van der Waals surface area (Å²) in [7, 11) is 0. The van der Waals surface area contributed by atoms with Gasteiger partial charge in [-0.15, -0.1) is 0 Å². The van der Waals surface area contributed by atoms with Gasteiger partial charge in [0.2, 0.25) is 5.95 Å². The van der Waals surface area contributed by atoms with Gasteiger partial charge in [0, 0.05) is 34.9 Å². The number of H-pyrrole nitrogens is 1. The van der Waals surface area contributed by atoms with Crippen molar-refractivity contribution in [3.63, 3.8) is 0 Å². The molecule has 0 bridgehead atoms. The lowest BCUT2D eigenvalue weighted by molar-refractivity contribution is 0.445. The van der Waals surface area contributed by atoms with Gasteiger partial charge in [-0.25, -0.2) is 0 Å². The van der Waals surface area contributed by atoms with Gasteiger partial charge in [0.15, 0.2) is 0 Å². The Bertz CT molecular complexity index is 940. The van der Waals surface area contributed by atoms with Crippen molar-refractivity contribution in [1.82, 2.24) is 15.0 Å². The lowest BCUT2D eigenvalue weighted by atomic mass is 9.93. The number of hydrogen-bond donors (Lipinski definition) is 5. The summed E-state index contributed by atoms with van der Waals surface area (Å²) < 4.78 is 0. The number of anilines is 4. The summed E-state index contributed by atoms with van der Waals surface area (Å²) in [5.74, 6) is 1.36. The summed E-state index contributed by atoms with van der Waals surface area (Å²) in [5.41, 5.74) is 9.84. The second-order valence-corrected chi connectivity index (χ2v) is 6.50. The summed E-state index contributed by atoms with van der Waals surface area (Å²) in [5, 5.41) is 15.1. The Kier molecular flexibility index (Phi) is 3.76. The predicted molar refractivity (Wildman–Crippen MR) is 102 cm³/mol. The fourth-order valence-electron chi connectivity index (χ4n) is 2.97. The number of aromatic amines is 1. The Hall–Kier alpha value is -3.09. The molecule has 1 aliphatic carbocycles. The molecule has 6 N–H and O–H groups in total. The van der Waals surface area contributed by atoms with Crippen LogP contribution in [0.5, 0.6) is 0 Å². The average Bonchev–Trinajstić information content (AvgIpc) is 2.91. The second-order valence-electron chi connectivity index (χ2n) is 6.50. The largest absolute Gasteiger partial charge is 0.398 e. The maximum atomic E-state index is 7.32. The molecule has 0 unspecified atom stereocenters. The highest BCUT2D eigenvalue weighted by Gasteiger charge is 2.20. The number of aryl methyl sites for hydroxylation is 1. The first kappa shape index (κ1) is 15.4. The SMILES string of the molecule is Cc1cc2c(NC3CCC3)nc(Nc3ccc(C=N)c(N)c3)nc2[nH]1. The van der Waals surface area contributed by atoms with Crippen LogP contribution >= 0.6 is 0 Å². The quantitative estimate of drug-likeness (QED) is 0.361. The molecule has 3 aromatic rings. The molecular weight excluding hydrogens is 314 g/mol. The van der Waals surface area contributed by atoms with Crippen molar-refractivity contribution < 1.29 is 0 Å². The summed E-state index contributed by atoms with van der Waals surface area (Å²) in [6.07, 6.45) is 4.87. The molecule has 1 saturated carbocycles. The minimum atomic E-state index is 0.490. The van der Waals surface area contributed by atoms with Gasteiger partial charge in [0.25, 0.3) is 0 Å². The van der Waals surface area contributed by atoms with Gasteiger partial charge in [-0.3, -0.25) is 0 Å². The average molecular weight is 335 g/mol. The number of nitrogens with two attached hydrogens (primary N) is 1. The molecule has 2 aromatic heterocycles. The van der Waals surface area contributed by atoms with Crippen LogP contribution < -0.4 is 16.4 Å². The number of nitrogens with one attached hydrogen (secondary N) is 4. The summed E-state index contributed by atoms with van der Waals surface area (Å²) in [6, 6.07) is 8.01. The van der Waals surface area contributed by atoms with Crippen LogP contribution in [0.15, 0.2) is 24.3 Å². The molecule has 0 amide bonds. The standard InChI is InChI=1S/C18H21N7/c1-10-7-14-16(21-10)24-18(25-17(14)22-12-3-2-4-12)23-13-6-5-11(9-19)15(20)8-13/h5-9,12,19H,2-4,20H2,1H3,(H3,21,22,23,24,25). The molecule has 128 valence electrons. The maximum Gasteiger partial charge on any atom is 0.231 e. The molecule has 0 atom stereocenters. The van der Waals surface area contributed by atoms with Crippen molar-refractivity contribution in [2.75, 3.05) is 16.4 Å². The molecule has 2 heterocycles. The zero-order chi connectivity index (χ0) is 17.4. The first-order valence-electron chi connectivity index (χ1n) is 8.43. The zero-order valence-corrected chi connectivity index (χ0v) is 14.1. The van der Waals surface area contributed by atoms with E-state index in [-0.39, 0.29) is 0 Å². The third kappa shape index (κ3) is 3.00. The molecule has 7 nitrogen and oxygen atoms in total. The van der Waals surface area contributed by atoms with Crippen molar-refractivity contribution in [3.8, 4) is 0 Å². The Morgan fingerprint density at radius 3 is 2.80 bits per heavy atom. The number of benzene rings is 1. The second kappa shape index (κ2) is 6.08. The van der Waals surface area contributed by atoms with Crippen LogP contribution in [0.3, 0.4) is 0 Å². The molecule has 4 rings (SSSR count). The smallest absolute Gasteiger partial charge is 0.231 e. The third-order valence-corrected chi connectivity index (χ3v) is 4.57. The van der Waals surface area contributed by atoms with Crippen molar-refractivity contribution in [2.45, 2.75) is 32.2 Å². The van der Waals surface area contributed by atoms with Crippen LogP contribution in [0, 0.1) is 12.3 Å². The first-order chi connectivity index (χ1) is 12.1. The molecule has 0 spiro atoms. The van der Waals surface area contributed by atoms with Crippen LogP contribution in [0.25, 0.3) is 11.0 Å². The van der Waals surface area contributed by atoms with Crippen LogP contribution in [-0.4, -0.2) is 27.2 Å². The number of rotatable bonds is 5. The molecule has 1 fully saturated rings. The van der Waals surface area contributed by atoms with Crippen LogP contribution in [0.1, 0.15) is 30.5 Å². The summed E-state index contributed by atoms with van der Waals surface area (Å²) in [6.45, 7) is 2.01. The van der Waals surface area contributed by atoms with Crippen molar-refractivity contribution in [3.05, 3.63) is 35.5 Å². The molecule has 1 aromatic carbocycles. The Labute approximate surface area is 145 Å². The van der Waals surface area contributed by atoms with E-state index in [1.807, 2.05) is 13.0 Å². The molecule has 0 saturated heterocycles. The number of fused-ring (bicyclic) bond motifs is 1. The molecule has 1 aliphatic rings. The highest BCUT2D eigenvalue weighted by atomic mass is 15.2. The van der Waals surface area contributed by atoms with Gasteiger partial charge in [0.05, 0.1) is 5.39 Å². The fraction of sp³-hybridized carbons (Fsp3) is 0.278. The third-order valence-electron chi connectivity index (χ3n) is 4.57. The van der Waals surface area contributed by atoms with E-state index in [1.54, 1.807) is 12.1 Å². The van der Waals surface area contributed by atoms with E-state index in [0.29, 0.717) is 23.2 Å². The van der Waals surface area contributed by atoms with E-state index >= 15 is 0 Å². The monoisotopic (exact) mass is 335 g/mol. The van der Waals surface area contributed by atoms with E-state index in [9.17, 15) is 0 Å². The van der Waals surface area contributed by atoms with Crippen molar-refractivity contribution in [1.29, 1.82) is 5.41 Å². The number of nitrogen functional groups attached to an aromatic ring is 1. The Morgan fingerprint density at radius 2 is 2.12 bits per heavy atom. The van der Waals surface area contributed by atoms with E-state index in [0.717, 1.165) is 28.2 Å². The van der Waals surface area contributed by atoms with Gasteiger partial charge in [0.1, 0.15) is 11.5 Å². The van der Waals surface area contributed by atoms with E-state index in [1.165, 1.54) is 25.5 Å². The molecular formula is C18H21N7. The number of hydrogen-bond acceptors (Lipinski definition) is 6. The first-order valence-corrected chi connectivity index (χ1v) is 8.43. The number of aromatic nitrogens is 3. The highest BCUT2D eigenvalue weighted by molar-refractivity contribution is 5.90. The normalized spacial score (nSPS) is 14.3. The van der Waals surface area contributed by atoms with Gasteiger partial charge in [-0.05, 0) is 50.5 Å². The molecule has 7 heteroatoms. The van der Waals surface area contributed by atoms with Crippen LogP contribution in [0.4, 0.5) is 23.1 Å². The molecule has 25 heavy (non-hydrogen) atoms. The van der Waals surface area contributed by atoms with E-state index < -0.39 is 0 Å². The lowest BCUT2D eigenvalue weighted by Gasteiger charge is -2.27. The Balaban J connectivity index is 1.68. The van der Waals surface area contributed by atoms with Gasteiger partial charge in [-0.2, -0.15) is 9.97 Å². The summed E-state index contributed by atoms with van der Waals surface area (Å²) in [4.78, 5) is 12.5. The Morgan fingerprint density at radius 1 is 1.28 bits per heavy atom. The minimum Gasteiger partial charge on any atom is -0.398 e.